The van der Waals surface area contributed by atoms with Crippen LogP contribution in [0.1, 0.15) is 18.5 Å². The van der Waals surface area contributed by atoms with Crippen LogP contribution >= 0.6 is 0 Å². The highest BCUT2D eigenvalue weighted by molar-refractivity contribution is 6.40. The Hall–Kier alpha value is -3.53. The van der Waals surface area contributed by atoms with Crippen LogP contribution in [0.3, 0.4) is 0 Å². The molecule has 0 radical (unpaired) electrons. The summed E-state index contributed by atoms with van der Waals surface area (Å²) in [5.74, 6) is -1.55. The van der Waals surface area contributed by atoms with Gasteiger partial charge in [-0.05, 0) is 31.7 Å². The molecule has 0 saturated carbocycles. The number of carbonyl (C=O) groups is 2. The Kier molecular flexibility index (Phi) is 5.08. The van der Waals surface area contributed by atoms with E-state index in [1.165, 1.54) is 29.4 Å². The van der Waals surface area contributed by atoms with E-state index in [9.17, 15) is 14.0 Å². The summed E-state index contributed by atoms with van der Waals surface area (Å²) in [4.78, 5) is 33.6. The molecule has 1 aliphatic heterocycles. The molecule has 1 saturated heterocycles. The Labute approximate surface area is 172 Å². The zero-order chi connectivity index (χ0) is 21.4. The van der Waals surface area contributed by atoms with E-state index in [4.69, 9.17) is 5.73 Å². The standard InChI is InChI=1S/C20H22FN7O2/c1-11-9-28(16(10-27(11)2)12-3-5-13(21)6-4-12)20(30)19(29)25-15-8-23-18(22)14-7-24-26-17(14)15/h3-8,11,16H,9-10H2,1-2H3,(H2,22,23)(H,24,26)(H,25,29)/t11-,16-/m1/s1. The van der Waals surface area contributed by atoms with Crippen LogP contribution < -0.4 is 11.1 Å². The molecule has 0 bridgehead atoms. The number of hydrogen-bond acceptors (Lipinski definition) is 6. The minimum Gasteiger partial charge on any atom is -0.383 e. The number of fused-ring (bicyclic) bond motifs is 1. The van der Waals surface area contributed by atoms with Crippen molar-refractivity contribution >= 4 is 34.2 Å². The third kappa shape index (κ3) is 3.57. The van der Waals surface area contributed by atoms with Gasteiger partial charge in [-0.1, -0.05) is 12.1 Å². The minimum absolute atomic E-state index is 0.0657. The largest absolute Gasteiger partial charge is 0.383 e. The van der Waals surface area contributed by atoms with Crippen LogP contribution in [0.4, 0.5) is 15.9 Å². The highest BCUT2D eigenvalue weighted by Crippen LogP contribution is 2.28. The molecule has 0 unspecified atom stereocenters. The molecule has 1 fully saturated rings. The lowest BCUT2D eigenvalue weighted by molar-refractivity contribution is -0.147. The Bertz CT molecular complexity index is 1100. The number of aromatic amines is 1. The number of hydrogen-bond donors (Lipinski definition) is 3. The van der Waals surface area contributed by atoms with Crippen LogP contribution in [0.2, 0.25) is 0 Å². The fourth-order valence-corrected chi connectivity index (χ4v) is 3.65. The molecule has 9 nitrogen and oxygen atoms in total. The molecule has 3 heterocycles. The number of likely N-dealkylation sites (N-methyl/N-ethyl adjacent to an activating group) is 1. The number of nitrogens with one attached hydrogen (secondary N) is 2. The Morgan fingerprint density at radius 1 is 1.23 bits per heavy atom. The van der Waals surface area contributed by atoms with Gasteiger partial charge in [0.15, 0.2) is 0 Å². The van der Waals surface area contributed by atoms with E-state index in [0.29, 0.717) is 29.7 Å². The van der Waals surface area contributed by atoms with Crippen molar-refractivity contribution in [2.75, 3.05) is 31.2 Å². The van der Waals surface area contributed by atoms with Crippen molar-refractivity contribution in [3.63, 3.8) is 0 Å². The molecule has 4 N–H and O–H groups in total. The predicted molar refractivity (Wildman–Crippen MR) is 110 cm³/mol. The van der Waals surface area contributed by atoms with Gasteiger partial charge in [0.05, 0.1) is 35.0 Å². The molecule has 0 spiro atoms. The number of halogens is 1. The summed E-state index contributed by atoms with van der Waals surface area (Å²) in [6.07, 6.45) is 2.88. The van der Waals surface area contributed by atoms with E-state index >= 15 is 0 Å². The molecule has 2 aromatic heterocycles. The molecule has 10 heteroatoms. The summed E-state index contributed by atoms with van der Waals surface area (Å²) in [6.45, 7) is 2.88. The number of nitrogens with two attached hydrogens (primary N) is 1. The lowest BCUT2D eigenvalue weighted by atomic mass is 10.00. The Morgan fingerprint density at radius 2 is 1.97 bits per heavy atom. The number of piperazine rings is 1. The van der Waals surface area contributed by atoms with Crippen molar-refractivity contribution in [1.29, 1.82) is 0 Å². The number of nitrogen functional groups attached to an aromatic ring is 1. The summed E-state index contributed by atoms with van der Waals surface area (Å²) < 4.78 is 13.4. The van der Waals surface area contributed by atoms with Crippen molar-refractivity contribution in [3.8, 4) is 0 Å². The number of benzene rings is 1. The number of rotatable bonds is 2. The number of amides is 2. The lowest BCUT2D eigenvalue weighted by Crippen LogP contribution is -2.55. The second-order valence-corrected chi connectivity index (χ2v) is 7.48. The predicted octanol–water partition coefficient (Wildman–Crippen LogP) is 1.52. The van der Waals surface area contributed by atoms with Crippen molar-refractivity contribution < 1.29 is 14.0 Å². The van der Waals surface area contributed by atoms with Crippen molar-refractivity contribution in [2.24, 2.45) is 0 Å². The number of anilines is 2. The highest BCUT2D eigenvalue weighted by Gasteiger charge is 2.36. The highest BCUT2D eigenvalue weighted by atomic mass is 19.1. The maximum absolute atomic E-state index is 13.4. The average molecular weight is 411 g/mol. The average Bonchev–Trinajstić information content (AvgIpc) is 3.23. The number of carbonyl (C=O) groups excluding carboxylic acids is 2. The number of H-pyrrole nitrogens is 1. The first-order valence-corrected chi connectivity index (χ1v) is 9.50. The molecule has 1 aliphatic rings. The summed E-state index contributed by atoms with van der Waals surface area (Å²) in [5, 5.41) is 9.83. The van der Waals surface area contributed by atoms with Crippen LogP contribution in [-0.4, -0.2) is 63.0 Å². The monoisotopic (exact) mass is 411 g/mol. The number of pyridine rings is 1. The van der Waals surface area contributed by atoms with Gasteiger partial charge in [-0.25, -0.2) is 9.37 Å². The quantitative estimate of drug-likeness (QED) is 0.550. The van der Waals surface area contributed by atoms with Crippen molar-refractivity contribution in [2.45, 2.75) is 19.0 Å². The molecule has 30 heavy (non-hydrogen) atoms. The van der Waals surface area contributed by atoms with Crippen LogP contribution in [0.15, 0.2) is 36.7 Å². The molecular weight excluding hydrogens is 389 g/mol. The van der Waals surface area contributed by atoms with Gasteiger partial charge in [0.1, 0.15) is 11.6 Å². The van der Waals surface area contributed by atoms with E-state index in [1.807, 2.05) is 14.0 Å². The first kappa shape index (κ1) is 19.8. The molecule has 0 aliphatic carbocycles. The van der Waals surface area contributed by atoms with Crippen LogP contribution in [0.25, 0.3) is 10.9 Å². The normalized spacial score (nSPS) is 19.8. The third-order valence-corrected chi connectivity index (χ3v) is 5.53. The van der Waals surface area contributed by atoms with Crippen molar-refractivity contribution in [1.82, 2.24) is 25.0 Å². The van der Waals surface area contributed by atoms with Crippen LogP contribution in [0, 0.1) is 5.82 Å². The van der Waals surface area contributed by atoms with Gasteiger partial charge >= 0.3 is 11.8 Å². The molecule has 3 aromatic rings. The maximum atomic E-state index is 13.4. The lowest BCUT2D eigenvalue weighted by Gasteiger charge is -2.43. The van der Waals surface area contributed by atoms with Gasteiger partial charge in [-0.3, -0.25) is 19.6 Å². The fourth-order valence-electron chi connectivity index (χ4n) is 3.65. The van der Waals surface area contributed by atoms with Gasteiger partial charge in [-0.2, -0.15) is 5.10 Å². The minimum atomic E-state index is -0.790. The van der Waals surface area contributed by atoms with Gasteiger partial charge in [-0.15, -0.1) is 0 Å². The first-order valence-electron chi connectivity index (χ1n) is 9.50. The van der Waals surface area contributed by atoms with Crippen molar-refractivity contribution in [3.05, 3.63) is 48.0 Å². The van der Waals surface area contributed by atoms with Crippen LogP contribution in [-0.2, 0) is 9.59 Å². The Morgan fingerprint density at radius 3 is 2.70 bits per heavy atom. The molecular formula is C20H22FN7O2. The molecule has 156 valence electrons. The molecule has 2 amide bonds. The molecule has 4 rings (SSSR count). The topological polar surface area (TPSA) is 120 Å². The second-order valence-electron chi connectivity index (χ2n) is 7.48. The number of nitrogens with zero attached hydrogens (tertiary/aromatic N) is 4. The third-order valence-electron chi connectivity index (χ3n) is 5.53. The smallest absolute Gasteiger partial charge is 0.314 e. The van der Waals surface area contributed by atoms with E-state index in [0.717, 1.165) is 5.56 Å². The zero-order valence-electron chi connectivity index (χ0n) is 16.6. The van der Waals surface area contributed by atoms with Crippen LogP contribution in [0.5, 0.6) is 0 Å². The number of aromatic nitrogens is 3. The van der Waals surface area contributed by atoms with Gasteiger partial charge in [0.25, 0.3) is 0 Å². The van der Waals surface area contributed by atoms with E-state index in [1.54, 1.807) is 12.1 Å². The van der Waals surface area contributed by atoms with Gasteiger partial charge in [0.2, 0.25) is 0 Å². The Balaban J connectivity index is 1.60. The van der Waals surface area contributed by atoms with E-state index in [-0.39, 0.29) is 23.7 Å². The SMILES string of the molecule is C[C@@H]1CN(C(=O)C(=O)Nc2cnc(N)c3cn[nH]c23)[C@@H](c2ccc(F)cc2)CN1C. The summed E-state index contributed by atoms with van der Waals surface area (Å²) >= 11 is 0. The van der Waals surface area contributed by atoms with E-state index < -0.39 is 11.8 Å². The fraction of sp³-hybridized carbons (Fsp3) is 0.300. The first-order chi connectivity index (χ1) is 14.3. The molecule has 2 atom stereocenters. The maximum Gasteiger partial charge on any atom is 0.314 e. The summed E-state index contributed by atoms with van der Waals surface area (Å²) in [6, 6.07) is 5.67. The van der Waals surface area contributed by atoms with E-state index in [2.05, 4.69) is 25.4 Å². The van der Waals surface area contributed by atoms with Gasteiger partial charge in [0, 0.05) is 19.1 Å². The second kappa shape index (κ2) is 7.71. The summed E-state index contributed by atoms with van der Waals surface area (Å²) in [7, 11) is 1.96. The summed E-state index contributed by atoms with van der Waals surface area (Å²) in [5.41, 5.74) is 7.38. The zero-order valence-corrected chi connectivity index (χ0v) is 16.6. The van der Waals surface area contributed by atoms with Gasteiger partial charge < -0.3 is 16.0 Å². The molecule has 1 aromatic carbocycles.